The Morgan fingerprint density at radius 3 is 2.77 bits per heavy atom. The van der Waals surface area contributed by atoms with Crippen molar-refractivity contribution in [1.29, 1.82) is 0 Å². The van der Waals surface area contributed by atoms with E-state index in [1.54, 1.807) is 29.9 Å². The highest BCUT2D eigenvalue weighted by atomic mass is 16.2. The van der Waals surface area contributed by atoms with Gasteiger partial charge < -0.3 is 10.2 Å². The highest BCUT2D eigenvalue weighted by Gasteiger charge is 2.12. The summed E-state index contributed by atoms with van der Waals surface area (Å²) >= 11 is 0. The lowest BCUT2D eigenvalue weighted by Gasteiger charge is -2.16. The van der Waals surface area contributed by atoms with E-state index in [4.69, 9.17) is 0 Å². The van der Waals surface area contributed by atoms with Crippen LogP contribution in [0.4, 0.5) is 0 Å². The molecule has 22 heavy (non-hydrogen) atoms. The van der Waals surface area contributed by atoms with Gasteiger partial charge in [-0.1, -0.05) is 12.1 Å². The Bertz CT molecular complexity index is 754. The molecule has 0 unspecified atom stereocenters. The van der Waals surface area contributed by atoms with Crippen molar-refractivity contribution >= 4 is 22.7 Å². The molecule has 0 spiro atoms. The molecule has 0 atom stereocenters. The first kappa shape index (κ1) is 15.7. The van der Waals surface area contributed by atoms with Crippen LogP contribution in [-0.4, -0.2) is 47.1 Å². The average molecular weight is 302 g/mol. The number of benzene rings is 1. The molecular weight excluding hydrogens is 284 g/mol. The minimum Gasteiger partial charge on any atom is -0.358 e. The van der Waals surface area contributed by atoms with Crippen LogP contribution in [0.25, 0.3) is 10.9 Å². The van der Waals surface area contributed by atoms with Gasteiger partial charge in [0.25, 0.3) is 0 Å². The third-order valence-electron chi connectivity index (χ3n) is 3.38. The van der Waals surface area contributed by atoms with E-state index < -0.39 is 0 Å². The fourth-order valence-electron chi connectivity index (χ4n) is 2.11. The SMILES string of the molecule is CNC(=O)CN(C)C(=O)CCn1ncc(=O)c2ccccc21. The predicted octanol–water partition coefficient (Wildman–Crippen LogP) is -0.00900. The number of amides is 2. The molecule has 0 aliphatic heterocycles. The molecule has 1 aromatic heterocycles. The predicted molar refractivity (Wildman–Crippen MR) is 82.3 cm³/mol. The minimum absolute atomic E-state index is 0.0215. The van der Waals surface area contributed by atoms with Crippen molar-refractivity contribution in [3.63, 3.8) is 0 Å². The van der Waals surface area contributed by atoms with Crippen LogP contribution in [0, 0.1) is 0 Å². The van der Waals surface area contributed by atoms with Crippen molar-refractivity contribution < 1.29 is 9.59 Å². The van der Waals surface area contributed by atoms with Crippen LogP contribution in [0.3, 0.4) is 0 Å². The van der Waals surface area contributed by atoms with E-state index in [-0.39, 0.29) is 30.2 Å². The second-order valence-corrected chi connectivity index (χ2v) is 4.92. The molecule has 0 saturated heterocycles. The highest BCUT2D eigenvalue weighted by molar-refractivity contribution is 5.84. The number of carbonyl (C=O) groups is 2. The number of rotatable bonds is 5. The summed E-state index contributed by atoms with van der Waals surface area (Å²) in [4.78, 5) is 36.4. The molecule has 0 fully saturated rings. The average Bonchev–Trinajstić information content (AvgIpc) is 2.54. The van der Waals surface area contributed by atoms with Crippen LogP contribution in [0.15, 0.2) is 35.3 Å². The van der Waals surface area contributed by atoms with Crippen molar-refractivity contribution in [2.75, 3.05) is 20.6 Å². The second-order valence-electron chi connectivity index (χ2n) is 4.92. The lowest BCUT2D eigenvalue weighted by molar-refractivity contribution is -0.134. The molecule has 1 N–H and O–H groups in total. The molecule has 0 aliphatic carbocycles. The maximum Gasteiger partial charge on any atom is 0.239 e. The fraction of sp³-hybridized carbons (Fsp3) is 0.333. The fourth-order valence-corrected chi connectivity index (χ4v) is 2.11. The maximum absolute atomic E-state index is 12.0. The van der Waals surface area contributed by atoms with Gasteiger partial charge in [-0.25, -0.2) is 0 Å². The molecule has 1 heterocycles. The van der Waals surface area contributed by atoms with Crippen molar-refractivity contribution in [3.05, 3.63) is 40.7 Å². The van der Waals surface area contributed by atoms with Crippen LogP contribution in [-0.2, 0) is 16.1 Å². The molecule has 7 heteroatoms. The number of aryl methyl sites for hydroxylation is 1. The van der Waals surface area contributed by atoms with E-state index in [9.17, 15) is 14.4 Å². The van der Waals surface area contributed by atoms with Crippen molar-refractivity contribution in [3.8, 4) is 0 Å². The molecule has 2 rings (SSSR count). The summed E-state index contributed by atoms with van der Waals surface area (Å²) < 4.78 is 1.63. The highest BCUT2D eigenvalue weighted by Crippen LogP contribution is 2.08. The Morgan fingerprint density at radius 2 is 2.05 bits per heavy atom. The van der Waals surface area contributed by atoms with Gasteiger partial charge >= 0.3 is 0 Å². The largest absolute Gasteiger partial charge is 0.358 e. The number of nitrogens with one attached hydrogen (secondary N) is 1. The van der Waals surface area contributed by atoms with Gasteiger partial charge in [0.2, 0.25) is 17.2 Å². The van der Waals surface area contributed by atoms with Crippen molar-refractivity contribution in [2.45, 2.75) is 13.0 Å². The topological polar surface area (TPSA) is 84.3 Å². The number of hydrogen-bond donors (Lipinski definition) is 1. The monoisotopic (exact) mass is 302 g/mol. The minimum atomic E-state index is -0.220. The van der Waals surface area contributed by atoms with Gasteiger partial charge in [-0.3, -0.25) is 19.1 Å². The zero-order valence-corrected chi connectivity index (χ0v) is 12.6. The zero-order valence-electron chi connectivity index (χ0n) is 12.6. The quantitative estimate of drug-likeness (QED) is 0.842. The van der Waals surface area contributed by atoms with Crippen LogP contribution in [0.1, 0.15) is 6.42 Å². The third kappa shape index (κ3) is 3.49. The molecular formula is C15H18N4O3. The number of fused-ring (bicyclic) bond motifs is 1. The van der Waals surface area contributed by atoms with Crippen LogP contribution < -0.4 is 10.7 Å². The number of likely N-dealkylation sites (N-methyl/N-ethyl adjacent to an activating group) is 2. The lowest BCUT2D eigenvalue weighted by atomic mass is 10.2. The summed E-state index contributed by atoms with van der Waals surface area (Å²) in [5.41, 5.74) is 0.548. The molecule has 0 saturated carbocycles. The van der Waals surface area contributed by atoms with Gasteiger partial charge in [0, 0.05) is 25.9 Å². The van der Waals surface area contributed by atoms with Gasteiger partial charge in [-0.05, 0) is 12.1 Å². The second kappa shape index (κ2) is 6.84. The van der Waals surface area contributed by atoms with Gasteiger partial charge in [0.15, 0.2) is 0 Å². The number of para-hydroxylation sites is 1. The molecule has 0 aliphatic rings. The van der Waals surface area contributed by atoms with Crippen LogP contribution in [0.2, 0.25) is 0 Å². The summed E-state index contributed by atoms with van der Waals surface area (Å²) in [7, 11) is 3.10. The first-order chi connectivity index (χ1) is 10.5. The van der Waals surface area contributed by atoms with Crippen molar-refractivity contribution in [1.82, 2.24) is 20.0 Å². The molecule has 2 amide bonds. The summed E-state index contributed by atoms with van der Waals surface area (Å²) in [5, 5.41) is 7.11. The van der Waals surface area contributed by atoms with E-state index in [1.807, 2.05) is 6.07 Å². The summed E-state index contributed by atoms with van der Waals surface area (Å²) in [6.07, 6.45) is 1.45. The summed E-state index contributed by atoms with van der Waals surface area (Å²) in [6, 6.07) is 7.13. The van der Waals surface area contributed by atoms with E-state index in [2.05, 4.69) is 10.4 Å². The maximum atomic E-state index is 12.0. The van der Waals surface area contributed by atoms with Crippen LogP contribution >= 0.6 is 0 Å². The third-order valence-corrected chi connectivity index (χ3v) is 3.38. The molecule has 2 aromatic rings. The molecule has 1 aromatic carbocycles. The first-order valence-corrected chi connectivity index (χ1v) is 6.92. The van der Waals surface area contributed by atoms with Gasteiger partial charge in [0.05, 0.1) is 24.8 Å². The van der Waals surface area contributed by atoms with E-state index in [1.165, 1.54) is 18.1 Å². The number of nitrogens with zero attached hydrogens (tertiary/aromatic N) is 3. The van der Waals surface area contributed by atoms with Gasteiger partial charge in [-0.2, -0.15) is 5.10 Å². The molecule has 7 nitrogen and oxygen atoms in total. The Kier molecular flexibility index (Phi) is 4.88. The normalized spacial score (nSPS) is 10.5. The Hall–Kier alpha value is -2.70. The first-order valence-electron chi connectivity index (χ1n) is 6.92. The lowest BCUT2D eigenvalue weighted by Crippen LogP contribution is -2.37. The Labute approximate surface area is 127 Å². The Balaban J connectivity index is 2.09. The van der Waals surface area contributed by atoms with Crippen molar-refractivity contribution in [2.24, 2.45) is 0 Å². The number of hydrogen-bond acceptors (Lipinski definition) is 4. The summed E-state index contributed by atoms with van der Waals surface area (Å²) in [6.45, 7) is 0.366. The van der Waals surface area contributed by atoms with E-state index >= 15 is 0 Å². The number of aromatic nitrogens is 2. The van der Waals surface area contributed by atoms with E-state index in [0.717, 1.165) is 0 Å². The smallest absolute Gasteiger partial charge is 0.239 e. The number of carbonyl (C=O) groups excluding carboxylic acids is 2. The van der Waals surface area contributed by atoms with E-state index in [0.29, 0.717) is 17.4 Å². The molecule has 0 radical (unpaired) electrons. The van der Waals surface area contributed by atoms with Gasteiger partial charge in [-0.15, -0.1) is 0 Å². The summed E-state index contributed by atoms with van der Waals surface area (Å²) in [5.74, 6) is -0.379. The molecule has 116 valence electrons. The van der Waals surface area contributed by atoms with Gasteiger partial charge in [0.1, 0.15) is 0 Å². The Morgan fingerprint density at radius 1 is 1.32 bits per heavy atom. The molecule has 0 bridgehead atoms. The van der Waals surface area contributed by atoms with Crippen LogP contribution in [0.5, 0.6) is 0 Å². The zero-order chi connectivity index (χ0) is 16.1. The standard InChI is InChI=1S/C15H18N4O3/c1-16-14(21)10-18(2)15(22)7-8-19-12-6-4-3-5-11(12)13(20)9-17-19/h3-6,9H,7-8,10H2,1-2H3,(H,16,21).